The third kappa shape index (κ3) is 3.77. The summed E-state index contributed by atoms with van der Waals surface area (Å²) in [5.41, 5.74) is 0. The number of fused-ring (bicyclic) bond motifs is 1. The Bertz CT molecular complexity index is 575. The average Bonchev–Trinajstić information content (AvgIpc) is 2.87. The quantitative estimate of drug-likeness (QED) is 0.565. The van der Waals surface area contributed by atoms with Crippen LogP contribution in [0.1, 0.15) is 33.6 Å². The molecule has 3 N–H and O–H groups in total. The lowest BCUT2D eigenvalue weighted by Crippen LogP contribution is -2.49. The van der Waals surface area contributed by atoms with Crippen LogP contribution in [0.15, 0.2) is 12.2 Å². The third-order valence-corrected chi connectivity index (χ3v) is 5.32. The molecule has 1 aliphatic carbocycles. The summed E-state index contributed by atoms with van der Waals surface area (Å²) < 4.78 is 0. The Morgan fingerprint density at radius 2 is 1.96 bits per heavy atom. The summed E-state index contributed by atoms with van der Waals surface area (Å²) in [6, 6.07) is -0.740. The van der Waals surface area contributed by atoms with Gasteiger partial charge in [0.15, 0.2) is 0 Å². The molecule has 26 heavy (non-hydrogen) atoms. The van der Waals surface area contributed by atoms with Crippen LogP contribution in [-0.2, 0) is 14.4 Å². The lowest BCUT2D eigenvalue weighted by molar-refractivity contribution is -0.141. The highest BCUT2D eigenvalue weighted by Gasteiger charge is 2.56. The number of hydrogen-bond donors (Lipinski definition) is 3. The number of carbonyl (C=O) groups is 3. The molecular weight excluding hydrogens is 334 g/mol. The molecule has 0 aromatic heterocycles. The molecule has 5 atom stereocenters. The smallest absolute Gasteiger partial charge is 0.243 e. The summed E-state index contributed by atoms with van der Waals surface area (Å²) in [5, 5.41) is 15.0. The minimum Gasteiger partial charge on any atom is -0.395 e. The van der Waals surface area contributed by atoms with E-state index in [-0.39, 0.29) is 48.8 Å². The highest BCUT2D eigenvalue weighted by Crippen LogP contribution is 2.45. The maximum Gasteiger partial charge on any atom is 0.243 e. The largest absolute Gasteiger partial charge is 0.395 e. The van der Waals surface area contributed by atoms with Gasteiger partial charge in [0.2, 0.25) is 17.7 Å². The number of allylic oxidation sites excluding steroid dienone is 1. The van der Waals surface area contributed by atoms with Crippen LogP contribution < -0.4 is 10.6 Å². The van der Waals surface area contributed by atoms with Gasteiger partial charge in [0, 0.05) is 25.6 Å². The van der Waals surface area contributed by atoms with Gasteiger partial charge in [-0.2, -0.15) is 0 Å². The minimum absolute atomic E-state index is 0.0203. The summed E-state index contributed by atoms with van der Waals surface area (Å²) in [5.74, 6) is -2.04. The highest BCUT2D eigenvalue weighted by molar-refractivity contribution is 5.96. The van der Waals surface area contributed by atoms with Crippen LogP contribution >= 0.6 is 0 Å². The number of aliphatic hydroxyl groups is 1. The van der Waals surface area contributed by atoms with Crippen molar-refractivity contribution in [3.05, 3.63) is 12.2 Å². The van der Waals surface area contributed by atoms with Gasteiger partial charge in [0.05, 0.1) is 18.4 Å². The van der Waals surface area contributed by atoms with E-state index < -0.39 is 17.9 Å². The molecule has 7 heteroatoms. The normalized spacial score (nSPS) is 30.5. The summed E-state index contributed by atoms with van der Waals surface area (Å²) in [4.78, 5) is 39.9. The molecule has 7 nitrogen and oxygen atoms in total. The Hall–Kier alpha value is -1.89. The predicted molar refractivity (Wildman–Crippen MR) is 97.9 cm³/mol. The molecule has 2 aliphatic rings. The molecule has 0 spiro atoms. The second kappa shape index (κ2) is 8.66. The Balaban J connectivity index is 2.43. The summed E-state index contributed by atoms with van der Waals surface area (Å²) >= 11 is 0. The fourth-order valence-electron chi connectivity index (χ4n) is 4.35. The van der Waals surface area contributed by atoms with E-state index in [1.54, 1.807) is 7.05 Å². The molecule has 1 fully saturated rings. The molecule has 0 saturated carbocycles. The average molecular weight is 365 g/mol. The van der Waals surface area contributed by atoms with Crippen LogP contribution in [0.25, 0.3) is 0 Å². The first-order chi connectivity index (χ1) is 12.4. The van der Waals surface area contributed by atoms with Gasteiger partial charge in [-0.25, -0.2) is 0 Å². The molecule has 0 aromatic rings. The van der Waals surface area contributed by atoms with Gasteiger partial charge >= 0.3 is 0 Å². The maximum atomic E-state index is 13.1. The fraction of sp³-hybridized carbons (Fsp3) is 0.737. The second-order valence-electron chi connectivity index (χ2n) is 7.44. The van der Waals surface area contributed by atoms with Crippen molar-refractivity contribution in [3.63, 3.8) is 0 Å². The van der Waals surface area contributed by atoms with Gasteiger partial charge in [-0.15, -0.1) is 0 Å². The van der Waals surface area contributed by atoms with Crippen molar-refractivity contribution < 1.29 is 19.5 Å². The van der Waals surface area contributed by atoms with Crippen molar-refractivity contribution in [3.8, 4) is 0 Å². The zero-order valence-corrected chi connectivity index (χ0v) is 16.1. The van der Waals surface area contributed by atoms with E-state index in [0.29, 0.717) is 0 Å². The summed E-state index contributed by atoms with van der Waals surface area (Å²) in [7, 11) is 1.58. The number of rotatable bonds is 7. The van der Waals surface area contributed by atoms with Crippen molar-refractivity contribution in [2.24, 2.45) is 23.7 Å². The van der Waals surface area contributed by atoms with Crippen LogP contribution in [0, 0.1) is 23.7 Å². The van der Waals surface area contributed by atoms with E-state index in [9.17, 15) is 19.5 Å². The number of hydrogen-bond acceptors (Lipinski definition) is 4. The number of likely N-dealkylation sites (tertiary alicyclic amines) is 1. The Morgan fingerprint density at radius 1 is 1.27 bits per heavy atom. The Morgan fingerprint density at radius 3 is 2.50 bits per heavy atom. The van der Waals surface area contributed by atoms with Crippen molar-refractivity contribution >= 4 is 17.7 Å². The first-order valence-corrected chi connectivity index (χ1v) is 9.48. The predicted octanol–water partition coefficient (Wildman–Crippen LogP) is 0.295. The molecular formula is C19H31N3O4. The number of amides is 3. The van der Waals surface area contributed by atoms with Crippen LogP contribution in [0.3, 0.4) is 0 Å². The van der Waals surface area contributed by atoms with E-state index in [1.165, 1.54) is 4.90 Å². The second-order valence-corrected chi connectivity index (χ2v) is 7.44. The van der Waals surface area contributed by atoms with Crippen LogP contribution in [0.4, 0.5) is 0 Å². The molecule has 1 heterocycles. The molecule has 0 radical (unpaired) electrons. The number of aliphatic hydroxyl groups excluding tert-OH is 1. The standard InChI is InChI=1S/C19H31N3O4/c1-5-6-12-7-8-13-15(14(12)17(24)20-4)19(26)22(9-10-23)16(13)18(25)21-11(2)3/h7-8,11-16,23H,5-6,9-10H2,1-4H3,(H,20,24)(H,21,25)/t12-,13+,14-,15+,16+/m1/s1. The highest BCUT2D eigenvalue weighted by atomic mass is 16.3. The van der Waals surface area contributed by atoms with Crippen molar-refractivity contribution in [2.45, 2.75) is 45.7 Å². The molecule has 0 unspecified atom stereocenters. The first-order valence-electron chi connectivity index (χ1n) is 9.48. The van der Waals surface area contributed by atoms with Gasteiger partial charge < -0.3 is 20.6 Å². The molecule has 3 amide bonds. The van der Waals surface area contributed by atoms with Crippen molar-refractivity contribution in [1.82, 2.24) is 15.5 Å². The van der Waals surface area contributed by atoms with Gasteiger partial charge in [0.1, 0.15) is 6.04 Å². The van der Waals surface area contributed by atoms with Crippen LogP contribution in [-0.4, -0.2) is 60.0 Å². The fourth-order valence-corrected chi connectivity index (χ4v) is 4.35. The molecule has 1 aliphatic heterocycles. The van der Waals surface area contributed by atoms with Gasteiger partial charge in [-0.3, -0.25) is 14.4 Å². The maximum absolute atomic E-state index is 13.1. The summed E-state index contributed by atoms with van der Waals surface area (Å²) in [6.45, 7) is 5.65. The molecule has 1 saturated heterocycles. The first kappa shape index (κ1) is 20.4. The third-order valence-electron chi connectivity index (χ3n) is 5.32. The van der Waals surface area contributed by atoms with Crippen molar-refractivity contribution in [2.75, 3.05) is 20.2 Å². The SMILES string of the molecule is CCC[C@@H]1C=C[C@H]2[C@H](C(=O)N(CCO)[C@@H]2C(=O)NC(C)C)[C@@H]1C(=O)NC. The van der Waals surface area contributed by atoms with E-state index in [2.05, 4.69) is 10.6 Å². The zero-order chi connectivity index (χ0) is 19.4. The Kier molecular flexibility index (Phi) is 6.81. The Labute approximate surface area is 155 Å². The van der Waals surface area contributed by atoms with E-state index in [4.69, 9.17) is 0 Å². The number of β-amino-alcohol motifs (C(OH)–C–C–N with tert-alkyl or cyclic N) is 1. The zero-order valence-electron chi connectivity index (χ0n) is 16.1. The number of carbonyl (C=O) groups excluding carboxylic acids is 3. The molecule has 0 aromatic carbocycles. The number of nitrogens with zero attached hydrogens (tertiary/aromatic N) is 1. The lowest BCUT2D eigenvalue weighted by Gasteiger charge is -2.34. The topological polar surface area (TPSA) is 98.7 Å². The molecule has 0 bridgehead atoms. The van der Waals surface area contributed by atoms with Crippen LogP contribution in [0.2, 0.25) is 0 Å². The van der Waals surface area contributed by atoms with Gasteiger partial charge in [-0.05, 0) is 26.2 Å². The van der Waals surface area contributed by atoms with Crippen LogP contribution in [0.5, 0.6) is 0 Å². The summed E-state index contributed by atoms with van der Waals surface area (Å²) in [6.07, 6.45) is 5.65. The van der Waals surface area contributed by atoms with E-state index in [1.807, 2.05) is 32.9 Å². The van der Waals surface area contributed by atoms with Crippen molar-refractivity contribution in [1.29, 1.82) is 0 Å². The van der Waals surface area contributed by atoms with E-state index >= 15 is 0 Å². The monoisotopic (exact) mass is 365 g/mol. The number of nitrogens with one attached hydrogen (secondary N) is 2. The minimum atomic E-state index is -0.687. The van der Waals surface area contributed by atoms with Gasteiger partial charge in [-0.1, -0.05) is 25.5 Å². The van der Waals surface area contributed by atoms with E-state index in [0.717, 1.165) is 12.8 Å². The van der Waals surface area contributed by atoms with Gasteiger partial charge in [0.25, 0.3) is 0 Å². The lowest BCUT2D eigenvalue weighted by atomic mass is 9.68. The molecule has 146 valence electrons. The molecule has 2 rings (SSSR count).